The van der Waals surface area contributed by atoms with Gasteiger partial charge in [-0.05, 0) is 67.2 Å². The number of rotatable bonds is 3. The zero-order valence-electron chi connectivity index (χ0n) is 16.1. The van der Waals surface area contributed by atoms with Crippen molar-refractivity contribution in [3.63, 3.8) is 0 Å². The van der Waals surface area contributed by atoms with Crippen molar-refractivity contribution in [1.29, 1.82) is 0 Å². The summed E-state index contributed by atoms with van der Waals surface area (Å²) in [4.78, 5) is 12.4. The Labute approximate surface area is 167 Å². The van der Waals surface area contributed by atoms with Gasteiger partial charge in [0.2, 0.25) is 5.88 Å². The number of nitrogens with zero attached hydrogens (tertiary/aromatic N) is 3. The molecule has 2 aliphatic carbocycles. The van der Waals surface area contributed by atoms with Crippen LogP contribution >= 0.6 is 0 Å². The molecule has 150 valence electrons. The molecular weight excluding hydrogens is 373 g/mol. The van der Waals surface area contributed by atoms with Gasteiger partial charge in [0.1, 0.15) is 18.0 Å². The van der Waals surface area contributed by atoms with E-state index in [-0.39, 0.29) is 23.1 Å². The number of hydrogen-bond donors (Lipinski definition) is 1. The van der Waals surface area contributed by atoms with Gasteiger partial charge in [-0.1, -0.05) is 0 Å². The average Bonchev–Trinajstić information content (AvgIpc) is 3.13. The van der Waals surface area contributed by atoms with E-state index in [1.165, 1.54) is 4.57 Å². The molecule has 29 heavy (non-hydrogen) atoms. The lowest BCUT2D eigenvalue weighted by Gasteiger charge is -2.31. The Morgan fingerprint density at radius 1 is 1.17 bits per heavy atom. The number of halogens is 1. The largest absolute Gasteiger partial charge is 0.507 e. The molecule has 2 saturated carbocycles. The lowest BCUT2D eigenvalue weighted by atomic mass is 9.85. The summed E-state index contributed by atoms with van der Waals surface area (Å²) in [6.45, 7) is 0. The minimum atomic E-state index is -0.962. The smallest absolute Gasteiger partial charge is 0.258 e. The Morgan fingerprint density at radius 3 is 2.83 bits per heavy atom. The molecule has 0 amide bonds. The molecule has 1 aromatic carbocycles. The molecule has 2 fully saturated rings. The molecule has 2 heterocycles. The maximum Gasteiger partial charge on any atom is 0.258 e. The number of aromatic hydroxyl groups is 1. The second-order valence-electron chi connectivity index (χ2n) is 8.22. The van der Waals surface area contributed by atoms with Gasteiger partial charge in [-0.15, -0.1) is 10.2 Å². The first-order valence-electron chi connectivity index (χ1n) is 9.97. The van der Waals surface area contributed by atoms with Crippen molar-refractivity contribution in [1.82, 2.24) is 14.8 Å². The topological polar surface area (TPSA) is 77.2 Å². The predicted octanol–water partition coefficient (Wildman–Crippen LogP) is 3.61. The Morgan fingerprint density at radius 2 is 2.03 bits per heavy atom. The number of fused-ring (bicyclic) bond motifs is 3. The number of phenolic OH excluding ortho intramolecular Hbond substituents is 1. The van der Waals surface area contributed by atoms with Crippen LogP contribution < -0.4 is 10.3 Å². The van der Waals surface area contributed by atoms with E-state index in [4.69, 9.17) is 4.74 Å². The SMILES string of the molecule is Cn1ccc2cc(O)c(-c3ccc(O[C@H]4C[C@@H]5CC[C@@H](C5)[C@H]4F)nn3)cc2c1=O. The number of aryl methyl sites for hydroxylation is 1. The molecule has 0 unspecified atom stereocenters. The number of benzene rings is 1. The molecule has 4 atom stereocenters. The summed E-state index contributed by atoms with van der Waals surface area (Å²) in [6.07, 6.45) is 3.93. The van der Waals surface area contributed by atoms with Crippen molar-refractivity contribution in [2.45, 2.75) is 38.0 Å². The van der Waals surface area contributed by atoms with Crippen LogP contribution in [0.2, 0.25) is 0 Å². The van der Waals surface area contributed by atoms with Crippen molar-refractivity contribution in [2.24, 2.45) is 18.9 Å². The van der Waals surface area contributed by atoms with Crippen molar-refractivity contribution in [3.05, 3.63) is 46.9 Å². The van der Waals surface area contributed by atoms with Gasteiger partial charge in [-0.25, -0.2) is 4.39 Å². The fourth-order valence-electron chi connectivity index (χ4n) is 4.76. The van der Waals surface area contributed by atoms with Crippen LogP contribution in [-0.4, -0.2) is 32.1 Å². The van der Waals surface area contributed by atoms with Crippen LogP contribution in [0.1, 0.15) is 25.7 Å². The van der Waals surface area contributed by atoms with Crippen molar-refractivity contribution < 1.29 is 14.2 Å². The summed E-state index contributed by atoms with van der Waals surface area (Å²) in [5.41, 5.74) is 0.680. The number of pyridine rings is 1. The maximum atomic E-state index is 14.6. The molecule has 2 aliphatic rings. The summed E-state index contributed by atoms with van der Waals surface area (Å²) in [5, 5.41) is 19.8. The molecule has 2 aromatic heterocycles. The number of hydrogen-bond acceptors (Lipinski definition) is 5. The molecule has 0 spiro atoms. The zero-order chi connectivity index (χ0) is 20.1. The highest BCUT2D eigenvalue weighted by Gasteiger charge is 2.43. The molecule has 0 saturated heterocycles. The molecule has 1 N–H and O–H groups in total. The third-order valence-electron chi connectivity index (χ3n) is 6.34. The highest BCUT2D eigenvalue weighted by atomic mass is 19.1. The monoisotopic (exact) mass is 395 g/mol. The highest BCUT2D eigenvalue weighted by molar-refractivity contribution is 5.89. The second-order valence-corrected chi connectivity index (χ2v) is 8.22. The van der Waals surface area contributed by atoms with Crippen molar-refractivity contribution >= 4 is 10.8 Å². The van der Waals surface area contributed by atoms with E-state index in [9.17, 15) is 14.3 Å². The van der Waals surface area contributed by atoms with Gasteiger partial charge < -0.3 is 14.4 Å². The summed E-state index contributed by atoms with van der Waals surface area (Å²) >= 11 is 0. The van der Waals surface area contributed by atoms with Crippen molar-refractivity contribution in [3.8, 4) is 22.9 Å². The van der Waals surface area contributed by atoms with E-state index in [0.29, 0.717) is 27.9 Å². The van der Waals surface area contributed by atoms with Crippen LogP contribution in [-0.2, 0) is 7.05 Å². The molecule has 0 radical (unpaired) electrons. The van der Waals surface area contributed by atoms with Crippen LogP contribution in [0.25, 0.3) is 22.0 Å². The number of alkyl halides is 1. The summed E-state index contributed by atoms with van der Waals surface area (Å²) < 4.78 is 21.9. The normalized spacial score (nSPS) is 26.0. The van der Waals surface area contributed by atoms with E-state index in [2.05, 4.69) is 10.2 Å². The molecule has 6 nitrogen and oxygen atoms in total. The maximum absolute atomic E-state index is 14.6. The van der Waals surface area contributed by atoms with Gasteiger partial charge in [-0.3, -0.25) is 4.79 Å². The average molecular weight is 395 g/mol. The Hall–Kier alpha value is -2.96. The first kappa shape index (κ1) is 18.1. The highest BCUT2D eigenvalue weighted by Crippen LogP contribution is 2.44. The van der Waals surface area contributed by atoms with E-state index < -0.39 is 12.3 Å². The zero-order valence-corrected chi connectivity index (χ0v) is 16.1. The van der Waals surface area contributed by atoms with Crippen molar-refractivity contribution in [2.75, 3.05) is 0 Å². The Bertz CT molecular complexity index is 1130. The predicted molar refractivity (Wildman–Crippen MR) is 107 cm³/mol. The van der Waals surface area contributed by atoms with Gasteiger partial charge in [0.15, 0.2) is 0 Å². The van der Waals surface area contributed by atoms with E-state index in [0.717, 1.165) is 25.7 Å². The fourth-order valence-corrected chi connectivity index (χ4v) is 4.76. The molecule has 2 bridgehead atoms. The van der Waals surface area contributed by atoms with Gasteiger partial charge in [0.05, 0.1) is 5.69 Å². The van der Waals surface area contributed by atoms with Gasteiger partial charge >= 0.3 is 0 Å². The van der Waals surface area contributed by atoms with Crippen LogP contribution in [0.15, 0.2) is 41.3 Å². The first-order chi connectivity index (χ1) is 14.0. The fraction of sp³-hybridized carbons (Fsp3) is 0.409. The Kier molecular flexibility index (Phi) is 4.26. The van der Waals surface area contributed by atoms with E-state index >= 15 is 0 Å². The second kappa shape index (κ2) is 6.83. The number of aromatic nitrogens is 3. The summed E-state index contributed by atoms with van der Waals surface area (Å²) in [7, 11) is 1.68. The van der Waals surface area contributed by atoms with E-state index in [1.807, 2.05) is 0 Å². The third kappa shape index (κ3) is 3.14. The first-order valence-corrected chi connectivity index (χ1v) is 9.97. The quantitative estimate of drug-likeness (QED) is 0.733. The molecule has 5 rings (SSSR count). The minimum Gasteiger partial charge on any atom is -0.507 e. The molecule has 3 aromatic rings. The minimum absolute atomic E-state index is 0.0152. The van der Waals surface area contributed by atoms with Gasteiger partial charge in [0.25, 0.3) is 5.56 Å². The molecule has 0 aliphatic heterocycles. The van der Waals surface area contributed by atoms with Crippen LogP contribution in [0.3, 0.4) is 0 Å². The number of ether oxygens (including phenoxy) is 1. The number of phenols is 1. The lowest BCUT2D eigenvalue weighted by Crippen LogP contribution is -2.38. The summed E-state index contributed by atoms with van der Waals surface area (Å²) in [5.74, 6) is 0.935. The Balaban J connectivity index is 1.42. The van der Waals surface area contributed by atoms with Gasteiger partial charge in [0, 0.05) is 30.3 Å². The third-order valence-corrected chi connectivity index (χ3v) is 6.34. The van der Waals surface area contributed by atoms with Crippen LogP contribution in [0, 0.1) is 11.8 Å². The van der Waals surface area contributed by atoms with E-state index in [1.54, 1.807) is 43.6 Å². The lowest BCUT2D eigenvalue weighted by molar-refractivity contribution is 0.0223. The van der Waals surface area contributed by atoms with Gasteiger partial charge in [-0.2, -0.15) is 0 Å². The standard InChI is InChI=1S/C22H22FN3O3/c1-26-7-6-13-10-18(27)16(11-15(13)22(26)28)17-4-5-20(25-24-17)29-19-9-12-2-3-14(8-12)21(19)23/h4-7,10-12,14,19,21,27H,2-3,8-9H2,1H3/t12-,14+,19+,21-/m1/s1. The van der Waals surface area contributed by atoms with Crippen LogP contribution in [0.4, 0.5) is 4.39 Å². The molecule has 7 heteroatoms. The van der Waals surface area contributed by atoms with Crippen LogP contribution in [0.5, 0.6) is 11.6 Å². The summed E-state index contributed by atoms with van der Waals surface area (Å²) in [6, 6.07) is 8.24. The molecular formula is C22H22FN3O3.